The number of ketones is 1. The standard InChI is InChI=1S/C15H19O3.C5H5.Fe/c1-11(2)9-15(12(3)16,14(17)18-4)10-13-7-5-6-8-13;1-2-4-5-3-1;/h5-8H,1,9-10H2,2-4H3;1-5H;/q2*-1;+2. The number of Topliss-reactive ketones (excluding diaryl/α,β-unsaturated/α-hetero) is 1. The van der Waals surface area contributed by atoms with Crippen LogP contribution in [0.15, 0.2) is 66.7 Å². The fraction of sp³-hybridized carbons (Fsp3) is 0.300. The molecule has 0 aliphatic rings. The van der Waals surface area contributed by atoms with Crippen LogP contribution in [-0.4, -0.2) is 18.9 Å². The molecule has 0 amide bonds. The van der Waals surface area contributed by atoms with Crippen molar-refractivity contribution < 1.29 is 31.4 Å². The minimum Gasteiger partial charge on any atom is -0.468 e. The molecule has 1 atom stereocenters. The second kappa shape index (κ2) is 10.8. The number of carbonyl (C=O) groups excluding carboxylic acids is 2. The molecule has 0 saturated carbocycles. The zero-order chi connectivity index (χ0) is 17.3. The summed E-state index contributed by atoms with van der Waals surface area (Å²) in [7, 11) is 1.31. The molecule has 0 N–H and O–H groups in total. The van der Waals surface area contributed by atoms with Gasteiger partial charge in [-0.3, -0.25) is 9.59 Å². The van der Waals surface area contributed by atoms with Gasteiger partial charge < -0.3 is 4.74 Å². The molecule has 2 rings (SSSR count). The van der Waals surface area contributed by atoms with Crippen LogP contribution in [0.25, 0.3) is 0 Å². The van der Waals surface area contributed by atoms with Crippen LogP contribution in [0.3, 0.4) is 0 Å². The second-order valence-electron chi connectivity index (χ2n) is 5.70. The zero-order valence-electron chi connectivity index (χ0n) is 14.4. The number of ether oxygens (including phenoxy) is 1. The van der Waals surface area contributed by atoms with Crippen LogP contribution in [-0.2, 0) is 37.8 Å². The van der Waals surface area contributed by atoms with Crippen LogP contribution in [0.1, 0.15) is 25.8 Å². The van der Waals surface area contributed by atoms with E-state index < -0.39 is 11.4 Å². The average Bonchev–Trinajstić information content (AvgIpc) is 3.20. The number of esters is 1. The van der Waals surface area contributed by atoms with Gasteiger partial charge in [0.1, 0.15) is 11.2 Å². The van der Waals surface area contributed by atoms with Gasteiger partial charge in [-0.1, -0.05) is 12.0 Å². The van der Waals surface area contributed by atoms with Crippen molar-refractivity contribution in [1.29, 1.82) is 0 Å². The van der Waals surface area contributed by atoms with Crippen molar-refractivity contribution in [3.05, 3.63) is 72.3 Å². The van der Waals surface area contributed by atoms with E-state index >= 15 is 0 Å². The van der Waals surface area contributed by atoms with E-state index in [-0.39, 0.29) is 22.9 Å². The largest absolute Gasteiger partial charge is 2.00 e. The molecule has 0 bridgehead atoms. The van der Waals surface area contributed by atoms with Crippen LogP contribution < -0.4 is 0 Å². The van der Waals surface area contributed by atoms with Crippen LogP contribution in [0.2, 0.25) is 0 Å². The van der Waals surface area contributed by atoms with Crippen molar-refractivity contribution in [3.63, 3.8) is 0 Å². The van der Waals surface area contributed by atoms with Crippen molar-refractivity contribution in [3.8, 4) is 0 Å². The summed E-state index contributed by atoms with van der Waals surface area (Å²) < 4.78 is 4.83. The van der Waals surface area contributed by atoms with E-state index in [9.17, 15) is 9.59 Å². The predicted octanol–water partition coefficient (Wildman–Crippen LogP) is 4.07. The smallest absolute Gasteiger partial charge is 0.468 e. The number of methoxy groups -OCH3 is 1. The van der Waals surface area contributed by atoms with Crippen molar-refractivity contribution in [2.24, 2.45) is 5.41 Å². The third-order valence-corrected chi connectivity index (χ3v) is 3.65. The molecule has 3 nitrogen and oxygen atoms in total. The van der Waals surface area contributed by atoms with E-state index in [1.54, 1.807) is 0 Å². The first-order valence-electron chi connectivity index (χ1n) is 7.53. The van der Waals surface area contributed by atoms with E-state index in [2.05, 4.69) is 6.58 Å². The quantitative estimate of drug-likeness (QED) is 0.254. The van der Waals surface area contributed by atoms with Gasteiger partial charge in [-0.25, -0.2) is 24.3 Å². The Morgan fingerprint density at radius 1 is 1.12 bits per heavy atom. The number of carbonyl (C=O) groups is 2. The van der Waals surface area contributed by atoms with E-state index in [0.717, 1.165) is 11.1 Å². The minimum atomic E-state index is -1.14. The Labute approximate surface area is 154 Å². The summed E-state index contributed by atoms with van der Waals surface area (Å²) in [5.74, 6) is -0.669. The van der Waals surface area contributed by atoms with Gasteiger partial charge in [0.05, 0.1) is 7.11 Å². The Bertz CT molecular complexity index is 594. The normalized spacial score (nSPS) is 12.0. The topological polar surface area (TPSA) is 43.4 Å². The Hall–Kier alpha value is -1.90. The van der Waals surface area contributed by atoms with Crippen LogP contribution in [0.4, 0.5) is 0 Å². The SMILES string of the molecule is C=C(C)CC(C[c-]1cccc1)(C(C)=O)C(=O)OC.[Fe+2].c1cc[cH-]c1. The number of hydrogen-bond donors (Lipinski definition) is 0. The van der Waals surface area contributed by atoms with Gasteiger partial charge in [-0.2, -0.15) is 35.9 Å². The van der Waals surface area contributed by atoms with E-state index in [1.165, 1.54) is 14.0 Å². The summed E-state index contributed by atoms with van der Waals surface area (Å²) >= 11 is 0. The van der Waals surface area contributed by atoms with E-state index in [0.29, 0.717) is 12.8 Å². The van der Waals surface area contributed by atoms with Crippen molar-refractivity contribution in [2.75, 3.05) is 7.11 Å². The zero-order valence-corrected chi connectivity index (χ0v) is 15.5. The van der Waals surface area contributed by atoms with Gasteiger partial charge in [0.2, 0.25) is 0 Å². The maximum absolute atomic E-state index is 12.1. The van der Waals surface area contributed by atoms with E-state index in [1.807, 2.05) is 61.5 Å². The summed E-state index contributed by atoms with van der Waals surface area (Å²) in [6, 6.07) is 17.6. The third-order valence-electron chi connectivity index (χ3n) is 3.65. The first-order chi connectivity index (χ1) is 10.9. The Morgan fingerprint density at radius 3 is 2.00 bits per heavy atom. The molecule has 1 unspecified atom stereocenters. The van der Waals surface area contributed by atoms with Crippen molar-refractivity contribution in [2.45, 2.75) is 26.7 Å². The van der Waals surface area contributed by atoms with Gasteiger partial charge in [-0.05, 0) is 20.3 Å². The van der Waals surface area contributed by atoms with Crippen molar-refractivity contribution >= 4 is 11.8 Å². The van der Waals surface area contributed by atoms with Crippen LogP contribution in [0.5, 0.6) is 0 Å². The maximum Gasteiger partial charge on any atom is 2.00 e. The van der Waals surface area contributed by atoms with Gasteiger partial charge in [0, 0.05) is 0 Å². The molecule has 130 valence electrons. The maximum atomic E-state index is 12.1. The monoisotopic (exact) mass is 368 g/mol. The summed E-state index contributed by atoms with van der Waals surface area (Å²) in [5.41, 5.74) is 0.605. The molecule has 0 aliphatic heterocycles. The first-order valence-corrected chi connectivity index (χ1v) is 7.53. The summed E-state index contributed by atoms with van der Waals surface area (Å²) in [4.78, 5) is 24.0. The molecule has 0 saturated heterocycles. The summed E-state index contributed by atoms with van der Waals surface area (Å²) in [6.07, 6.45) is 0.676. The second-order valence-corrected chi connectivity index (χ2v) is 5.70. The predicted molar refractivity (Wildman–Crippen MR) is 92.3 cm³/mol. The molecular formula is C20H24FeO3. The molecule has 0 aromatic heterocycles. The molecule has 0 heterocycles. The van der Waals surface area contributed by atoms with E-state index in [4.69, 9.17) is 4.74 Å². The molecule has 2 aromatic carbocycles. The number of hydrogen-bond acceptors (Lipinski definition) is 3. The van der Waals surface area contributed by atoms with Crippen molar-refractivity contribution in [1.82, 2.24) is 0 Å². The molecule has 24 heavy (non-hydrogen) atoms. The molecule has 4 heteroatoms. The average molecular weight is 368 g/mol. The molecule has 0 aliphatic carbocycles. The van der Waals surface area contributed by atoms with Gasteiger partial charge >= 0.3 is 23.0 Å². The Balaban J connectivity index is 0.000000751. The molecular weight excluding hydrogens is 344 g/mol. The Morgan fingerprint density at radius 2 is 1.67 bits per heavy atom. The third kappa shape index (κ3) is 6.31. The number of rotatable bonds is 6. The fourth-order valence-corrected chi connectivity index (χ4v) is 2.51. The van der Waals surface area contributed by atoms with Crippen LogP contribution >= 0.6 is 0 Å². The molecule has 0 spiro atoms. The fourth-order valence-electron chi connectivity index (χ4n) is 2.51. The summed E-state index contributed by atoms with van der Waals surface area (Å²) in [6.45, 7) is 7.05. The van der Waals surface area contributed by atoms with Gasteiger partial charge in [0.25, 0.3) is 0 Å². The molecule has 2 aromatic rings. The Kier molecular flexibility index (Phi) is 9.94. The first kappa shape index (κ1) is 22.1. The number of allylic oxidation sites excluding steroid dienone is 1. The summed E-state index contributed by atoms with van der Waals surface area (Å²) in [5, 5.41) is 0. The van der Waals surface area contributed by atoms with Crippen LogP contribution in [0, 0.1) is 5.41 Å². The minimum absolute atomic E-state index is 0. The van der Waals surface area contributed by atoms with Gasteiger partial charge in [-0.15, -0.1) is 6.58 Å². The molecule has 0 radical (unpaired) electrons. The van der Waals surface area contributed by atoms with Gasteiger partial charge in [0.15, 0.2) is 0 Å². The molecule has 0 fully saturated rings.